The van der Waals surface area contributed by atoms with E-state index in [9.17, 15) is 0 Å². The van der Waals surface area contributed by atoms with Crippen LogP contribution >= 0.6 is 0 Å². The minimum Gasteiger partial charge on any atom is -0.316 e. The first-order valence-corrected chi connectivity index (χ1v) is 4.29. The number of hydrogen-bond donors (Lipinski definition) is 1. The van der Waals surface area contributed by atoms with E-state index >= 15 is 0 Å². The fourth-order valence-corrected chi connectivity index (χ4v) is 1.53. The van der Waals surface area contributed by atoms with Gasteiger partial charge in [0.2, 0.25) is 0 Å². The van der Waals surface area contributed by atoms with E-state index in [0.717, 1.165) is 18.9 Å². The van der Waals surface area contributed by atoms with Crippen molar-refractivity contribution < 1.29 is 0 Å². The lowest BCUT2D eigenvalue weighted by atomic mass is 9.99. The Bertz CT molecular complexity index is 230. The van der Waals surface area contributed by atoms with E-state index in [0.29, 0.717) is 5.92 Å². The maximum Gasteiger partial charge on any atom is 0.136 e. The Labute approximate surface area is 71.5 Å². The van der Waals surface area contributed by atoms with E-state index in [-0.39, 0.29) is 0 Å². The van der Waals surface area contributed by atoms with Gasteiger partial charge in [-0.15, -0.1) is 0 Å². The Hall–Kier alpha value is -1.03. The van der Waals surface area contributed by atoms with Crippen molar-refractivity contribution in [1.29, 1.82) is 0 Å². The van der Waals surface area contributed by atoms with E-state index < -0.39 is 0 Å². The van der Waals surface area contributed by atoms with Crippen LogP contribution in [0.2, 0.25) is 0 Å². The average molecular weight is 164 g/mol. The SMILES string of the molecule is c1ncnc(C2CCCNC2)n1. The topological polar surface area (TPSA) is 50.7 Å². The molecular weight excluding hydrogens is 152 g/mol. The van der Waals surface area contributed by atoms with Gasteiger partial charge in [0.15, 0.2) is 0 Å². The van der Waals surface area contributed by atoms with Crippen molar-refractivity contribution in [2.24, 2.45) is 0 Å². The predicted octanol–water partition coefficient (Wildman–Crippen LogP) is 0.339. The first-order valence-electron chi connectivity index (χ1n) is 4.29. The molecule has 1 fully saturated rings. The summed E-state index contributed by atoms with van der Waals surface area (Å²) in [6, 6.07) is 0. The molecule has 4 nitrogen and oxygen atoms in total. The fraction of sp³-hybridized carbons (Fsp3) is 0.625. The number of piperidine rings is 1. The van der Waals surface area contributed by atoms with E-state index in [2.05, 4.69) is 20.3 Å². The van der Waals surface area contributed by atoms with Gasteiger partial charge in [-0.05, 0) is 19.4 Å². The third kappa shape index (κ3) is 1.58. The van der Waals surface area contributed by atoms with E-state index in [4.69, 9.17) is 0 Å². The summed E-state index contributed by atoms with van der Waals surface area (Å²) in [7, 11) is 0. The van der Waals surface area contributed by atoms with Gasteiger partial charge in [0.1, 0.15) is 18.5 Å². The van der Waals surface area contributed by atoms with E-state index in [1.54, 1.807) is 12.7 Å². The molecule has 1 saturated heterocycles. The van der Waals surface area contributed by atoms with Gasteiger partial charge in [-0.3, -0.25) is 0 Å². The molecule has 0 spiro atoms. The standard InChI is InChI=1S/C8H12N4/c1-2-7(4-9-3-1)8-11-5-10-6-12-8/h5-7,9H,1-4H2. The van der Waals surface area contributed by atoms with Gasteiger partial charge < -0.3 is 5.32 Å². The molecule has 0 radical (unpaired) electrons. The lowest BCUT2D eigenvalue weighted by Crippen LogP contribution is -2.29. The number of nitrogens with one attached hydrogen (secondary N) is 1. The number of hydrogen-bond acceptors (Lipinski definition) is 4. The van der Waals surface area contributed by atoms with Gasteiger partial charge >= 0.3 is 0 Å². The second-order valence-corrected chi connectivity index (χ2v) is 3.04. The molecule has 1 aromatic heterocycles. The first-order chi connectivity index (χ1) is 5.97. The monoisotopic (exact) mass is 164 g/mol. The van der Waals surface area contributed by atoms with Crippen LogP contribution in [0.1, 0.15) is 24.6 Å². The molecule has 2 heterocycles. The van der Waals surface area contributed by atoms with Crippen LogP contribution in [0.5, 0.6) is 0 Å². The normalized spacial score (nSPS) is 23.8. The van der Waals surface area contributed by atoms with E-state index in [1.165, 1.54) is 12.8 Å². The third-order valence-electron chi connectivity index (χ3n) is 2.18. The third-order valence-corrected chi connectivity index (χ3v) is 2.18. The Morgan fingerprint density at radius 1 is 1.33 bits per heavy atom. The van der Waals surface area contributed by atoms with Crippen LogP contribution in [-0.2, 0) is 0 Å². The summed E-state index contributed by atoms with van der Waals surface area (Å²) in [5.41, 5.74) is 0. The highest BCUT2D eigenvalue weighted by atomic mass is 15.0. The zero-order chi connectivity index (χ0) is 8.23. The van der Waals surface area contributed by atoms with Crippen LogP contribution in [0.25, 0.3) is 0 Å². The number of aromatic nitrogens is 3. The molecule has 0 aromatic carbocycles. The molecular formula is C8H12N4. The molecule has 1 aromatic rings. The second kappa shape index (κ2) is 3.58. The number of nitrogens with zero attached hydrogens (tertiary/aromatic N) is 3. The summed E-state index contributed by atoms with van der Waals surface area (Å²) in [4.78, 5) is 12.1. The van der Waals surface area contributed by atoms with Crippen molar-refractivity contribution in [2.75, 3.05) is 13.1 Å². The lowest BCUT2D eigenvalue weighted by Gasteiger charge is -2.20. The highest BCUT2D eigenvalue weighted by Gasteiger charge is 2.16. The molecule has 1 aliphatic heterocycles. The summed E-state index contributed by atoms with van der Waals surface area (Å²) in [5, 5.41) is 3.33. The van der Waals surface area contributed by atoms with Crippen molar-refractivity contribution in [2.45, 2.75) is 18.8 Å². The first kappa shape index (κ1) is 7.61. The summed E-state index contributed by atoms with van der Waals surface area (Å²) in [5.74, 6) is 1.42. The van der Waals surface area contributed by atoms with Crippen LogP contribution in [0.4, 0.5) is 0 Å². The highest BCUT2D eigenvalue weighted by Crippen LogP contribution is 2.18. The zero-order valence-corrected chi connectivity index (χ0v) is 6.90. The minimum atomic E-state index is 0.488. The van der Waals surface area contributed by atoms with Gasteiger partial charge in [-0.1, -0.05) is 0 Å². The molecule has 2 rings (SSSR count). The molecule has 0 aliphatic carbocycles. The van der Waals surface area contributed by atoms with Crippen LogP contribution in [0.3, 0.4) is 0 Å². The largest absolute Gasteiger partial charge is 0.316 e. The predicted molar refractivity (Wildman–Crippen MR) is 44.7 cm³/mol. The highest BCUT2D eigenvalue weighted by molar-refractivity contribution is 4.96. The van der Waals surface area contributed by atoms with Gasteiger partial charge in [0.05, 0.1) is 0 Å². The average Bonchev–Trinajstić information content (AvgIpc) is 2.21. The summed E-state index contributed by atoms with van der Waals surface area (Å²) >= 11 is 0. The molecule has 1 atom stereocenters. The molecule has 0 amide bonds. The molecule has 0 saturated carbocycles. The second-order valence-electron chi connectivity index (χ2n) is 3.04. The molecule has 1 unspecified atom stereocenters. The molecule has 1 N–H and O–H groups in total. The van der Waals surface area contributed by atoms with Crippen molar-refractivity contribution in [1.82, 2.24) is 20.3 Å². The molecule has 12 heavy (non-hydrogen) atoms. The Balaban J connectivity index is 2.08. The van der Waals surface area contributed by atoms with Crippen molar-refractivity contribution in [3.63, 3.8) is 0 Å². The van der Waals surface area contributed by atoms with Gasteiger partial charge in [0.25, 0.3) is 0 Å². The van der Waals surface area contributed by atoms with Crippen molar-refractivity contribution >= 4 is 0 Å². The Morgan fingerprint density at radius 2 is 2.17 bits per heavy atom. The molecule has 4 heteroatoms. The van der Waals surface area contributed by atoms with Crippen molar-refractivity contribution in [3.05, 3.63) is 18.5 Å². The smallest absolute Gasteiger partial charge is 0.136 e. The van der Waals surface area contributed by atoms with Crippen LogP contribution in [0, 0.1) is 0 Å². The van der Waals surface area contributed by atoms with Crippen LogP contribution in [-0.4, -0.2) is 28.0 Å². The summed E-state index contributed by atoms with van der Waals surface area (Å²) in [6.45, 7) is 2.13. The van der Waals surface area contributed by atoms with Gasteiger partial charge in [0, 0.05) is 12.5 Å². The summed E-state index contributed by atoms with van der Waals surface area (Å²) in [6.07, 6.45) is 5.54. The van der Waals surface area contributed by atoms with E-state index in [1.807, 2.05) is 0 Å². The minimum absolute atomic E-state index is 0.488. The molecule has 1 aliphatic rings. The van der Waals surface area contributed by atoms with Crippen LogP contribution in [0.15, 0.2) is 12.7 Å². The zero-order valence-electron chi connectivity index (χ0n) is 6.90. The maximum atomic E-state index is 4.14. The maximum absolute atomic E-state index is 4.14. The lowest BCUT2D eigenvalue weighted by molar-refractivity contribution is 0.445. The molecule has 64 valence electrons. The van der Waals surface area contributed by atoms with Crippen molar-refractivity contribution in [3.8, 4) is 0 Å². The number of rotatable bonds is 1. The summed E-state index contributed by atoms with van der Waals surface area (Å²) < 4.78 is 0. The Kier molecular flexibility index (Phi) is 2.27. The fourth-order valence-electron chi connectivity index (χ4n) is 1.53. The van der Waals surface area contributed by atoms with Crippen LogP contribution < -0.4 is 5.32 Å². The Morgan fingerprint density at radius 3 is 2.83 bits per heavy atom. The quantitative estimate of drug-likeness (QED) is 0.650. The molecule has 0 bridgehead atoms. The van der Waals surface area contributed by atoms with Gasteiger partial charge in [-0.2, -0.15) is 0 Å². The van der Waals surface area contributed by atoms with Gasteiger partial charge in [-0.25, -0.2) is 15.0 Å².